The third-order valence-electron chi connectivity index (χ3n) is 9.35. The Labute approximate surface area is 263 Å². The number of nitrogens with two attached hydrogens (primary N) is 2. The van der Waals surface area contributed by atoms with Crippen LogP contribution in [0, 0.1) is 11.8 Å². The summed E-state index contributed by atoms with van der Waals surface area (Å²) in [5.41, 5.74) is 0. The Morgan fingerprint density at radius 2 is 0.571 bits per heavy atom. The van der Waals surface area contributed by atoms with Crippen LogP contribution in [-0.4, -0.2) is 13.1 Å². The molecule has 0 aromatic carbocycles. The smallest absolute Gasteiger partial charge is 0.0620 e. The second-order valence-corrected chi connectivity index (χ2v) is 13.1. The fourth-order valence-corrected chi connectivity index (χ4v) is 6.67. The van der Waals surface area contributed by atoms with Crippen molar-refractivity contribution in [1.82, 2.24) is 0 Å². The van der Waals surface area contributed by atoms with E-state index in [2.05, 4.69) is 34.5 Å². The Balaban J connectivity index is 4.76. The number of unbranched alkanes of at least 4 members (excludes halogenated alkanes) is 22. The standard InChI is InChI=1S/C36H76N6/c1-3-5-7-9-11-17-23-29-35(31-25-19-13-15-21-27-33-39-41-37)36(30-24-18-12-10-8-6-4-2)32-26-20-14-16-22-28-34-40-42-38/h35-36H,3-34H2,1-2H3,(H2,37,39)(H2,38,40). The Hall–Kier alpha value is -1.20. The average Bonchev–Trinajstić information content (AvgIpc) is 3.00. The third kappa shape index (κ3) is 30.3. The molecular formula is C36H76N6. The highest BCUT2D eigenvalue weighted by atomic mass is 15.3. The van der Waals surface area contributed by atoms with Crippen molar-refractivity contribution < 1.29 is 0 Å². The quantitative estimate of drug-likeness (QED) is 0.0331. The molecular weight excluding hydrogens is 516 g/mol. The molecule has 0 rings (SSSR count). The van der Waals surface area contributed by atoms with E-state index >= 15 is 0 Å². The molecule has 0 fully saturated rings. The number of hydrogen-bond donors (Lipinski definition) is 2. The molecule has 0 heterocycles. The van der Waals surface area contributed by atoms with E-state index in [9.17, 15) is 0 Å². The lowest BCUT2D eigenvalue weighted by Gasteiger charge is -2.28. The molecule has 0 aliphatic carbocycles. The maximum atomic E-state index is 5.12. The van der Waals surface area contributed by atoms with E-state index in [1.54, 1.807) is 0 Å². The van der Waals surface area contributed by atoms with Gasteiger partial charge in [-0.3, -0.25) is 0 Å². The van der Waals surface area contributed by atoms with E-state index in [-0.39, 0.29) is 0 Å². The fourth-order valence-electron chi connectivity index (χ4n) is 6.67. The lowest BCUT2D eigenvalue weighted by Crippen LogP contribution is -2.16. The van der Waals surface area contributed by atoms with Crippen molar-refractivity contribution in [2.24, 2.45) is 44.2 Å². The Morgan fingerprint density at radius 1 is 0.333 bits per heavy atom. The van der Waals surface area contributed by atoms with Gasteiger partial charge in [0.05, 0.1) is 13.1 Å². The zero-order valence-electron chi connectivity index (χ0n) is 28.7. The summed E-state index contributed by atoms with van der Waals surface area (Å²) in [6.45, 7) is 6.22. The van der Waals surface area contributed by atoms with Gasteiger partial charge in [-0.25, -0.2) is 0 Å². The van der Waals surface area contributed by atoms with Crippen molar-refractivity contribution in [2.45, 2.75) is 206 Å². The van der Waals surface area contributed by atoms with Crippen molar-refractivity contribution in [3.8, 4) is 0 Å². The molecule has 0 aromatic heterocycles. The summed E-state index contributed by atoms with van der Waals surface area (Å²) in [6.07, 6.45) is 41.8. The van der Waals surface area contributed by atoms with Gasteiger partial charge in [0.2, 0.25) is 0 Å². The Morgan fingerprint density at radius 3 is 0.833 bits per heavy atom. The number of hydrogen-bond acceptors (Lipinski definition) is 4. The van der Waals surface area contributed by atoms with Gasteiger partial charge in [-0.2, -0.15) is 10.2 Å². The third-order valence-corrected chi connectivity index (χ3v) is 9.35. The van der Waals surface area contributed by atoms with E-state index in [4.69, 9.17) is 11.7 Å². The summed E-state index contributed by atoms with van der Waals surface area (Å²) in [5.74, 6) is 12.1. The molecule has 4 N–H and O–H groups in total. The first kappa shape index (κ1) is 40.8. The van der Waals surface area contributed by atoms with Gasteiger partial charge in [-0.15, -0.1) is 0 Å². The SMILES string of the molecule is CCCCCCCCCC(CCCCCCCCN=NN)C(CCCCCCCCC)CCCCCCCCN=NN. The van der Waals surface area contributed by atoms with Crippen molar-refractivity contribution >= 4 is 0 Å². The van der Waals surface area contributed by atoms with Crippen LogP contribution in [0.3, 0.4) is 0 Å². The lowest BCUT2D eigenvalue weighted by molar-refractivity contribution is 0.236. The van der Waals surface area contributed by atoms with Gasteiger partial charge >= 0.3 is 0 Å². The molecule has 0 amide bonds. The second kappa shape index (κ2) is 36.0. The molecule has 0 saturated heterocycles. The summed E-state index contributed by atoms with van der Waals surface area (Å²) < 4.78 is 0. The maximum Gasteiger partial charge on any atom is 0.0620 e. The first-order chi connectivity index (χ1) is 20.8. The topological polar surface area (TPSA) is 101 Å². The molecule has 2 atom stereocenters. The first-order valence-electron chi connectivity index (χ1n) is 18.9. The van der Waals surface area contributed by atoms with Gasteiger partial charge in [0.1, 0.15) is 0 Å². The van der Waals surface area contributed by atoms with Crippen LogP contribution in [0.15, 0.2) is 20.7 Å². The minimum atomic E-state index is 0.789. The summed E-state index contributed by atoms with van der Waals surface area (Å²) in [4.78, 5) is 0. The predicted octanol–water partition coefficient (Wildman–Crippen LogP) is 12.6. The molecule has 0 bridgehead atoms. The summed E-state index contributed by atoms with van der Waals surface area (Å²) in [6, 6.07) is 0. The van der Waals surface area contributed by atoms with Gasteiger partial charge in [-0.1, -0.05) is 204 Å². The Bertz CT molecular complexity index is 505. The molecule has 0 aromatic rings. The molecule has 0 radical (unpaired) electrons. The minimum absolute atomic E-state index is 0.789. The van der Waals surface area contributed by atoms with Crippen LogP contribution >= 0.6 is 0 Å². The van der Waals surface area contributed by atoms with Crippen LogP contribution in [0.25, 0.3) is 0 Å². The normalized spacial score (nSPS) is 13.5. The lowest BCUT2D eigenvalue weighted by atomic mass is 9.78. The summed E-state index contributed by atoms with van der Waals surface area (Å²) in [5, 5.41) is 14.6. The highest BCUT2D eigenvalue weighted by Gasteiger charge is 2.20. The summed E-state index contributed by atoms with van der Waals surface area (Å²) >= 11 is 0. The number of nitrogens with zero attached hydrogens (tertiary/aromatic N) is 4. The van der Waals surface area contributed by atoms with Gasteiger partial charge in [-0.05, 0) is 24.7 Å². The second-order valence-electron chi connectivity index (χ2n) is 13.1. The van der Waals surface area contributed by atoms with Crippen LogP contribution in [0.1, 0.15) is 206 Å². The zero-order valence-corrected chi connectivity index (χ0v) is 28.7. The highest BCUT2D eigenvalue weighted by Crippen LogP contribution is 2.33. The molecule has 0 aliphatic rings. The van der Waals surface area contributed by atoms with Gasteiger partial charge in [0.25, 0.3) is 0 Å². The molecule has 2 unspecified atom stereocenters. The van der Waals surface area contributed by atoms with Crippen molar-refractivity contribution in [2.75, 3.05) is 13.1 Å². The van der Waals surface area contributed by atoms with Gasteiger partial charge in [0, 0.05) is 0 Å². The van der Waals surface area contributed by atoms with Crippen molar-refractivity contribution in [1.29, 1.82) is 0 Å². The molecule has 0 saturated carbocycles. The van der Waals surface area contributed by atoms with E-state index in [1.165, 1.54) is 180 Å². The molecule has 6 nitrogen and oxygen atoms in total. The molecule has 0 spiro atoms. The summed E-state index contributed by atoms with van der Waals surface area (Å²) in [7, 11) is 0. The van der Waals surface area contributed by atoms with Crippen molar-refractivity contribution in [3.05, 3.63) is 0 Å². The van der Waals surface area contributed by atoms with Crippen LogP contribution < -0.4 is 11.7 Å². The highest BCUT2D eigenvalue weighted by molar-refractivity contribution is 4.72. The number of rotatable bonds is 35. The largest absolute Gasteiger partial charge is 0.305 e. The minimum Gasteiger partial charge on any atom is -0.305 e. The molecule has 0 aliphatic heterocycles. The van der Waals surface area contributed by atoms with E-state index in [0.717, 1.165) is 37.8 Å². The van der Waals surface area contributed by atoms with Gasteiger partial charge in [0.15, 0.2) is 0 Å². The van der Waals surface area contributed by atoms with Crippen LogP contribution in [-0.2, 0) is 0 Å². The fraction of sp³-hybridized carbons (Fsp3) is 1.00. The maximum absolute atomic E-state index is 5.12. The van der Waals surface area contributed by atoms with Crippen LogP contribution in [0.4, 0.5) is 0 Å². The average molecular weight is 593 g/mol. The molecule has 42 heavy (non-hydrogen) atoms. The van der Waals surface area contributed by atoms with Crippen LogP contribution in [0.5, 0.6) is 0 Å². The van der Waals surface area contributed by atoms with Gasteiger partial charge < -0.3 is 11.7 Å². The Kier molecular flexibility index (Phi) is 35.0. The first-order valence-corrected chi connectivity index (χ1v) is 18.9. The zero-order chi connectivity index (χ0) is 30.6. The monoisotopic (exact) mass is 593 g/mol. The van der Waals surface area contributed by atoms with Crippen LogP contribution in [0.2, 0.25) is 0 Å². The van der Waals surface area contributed by atoms with E-state index < -0.39 is 0 Å². The van der Waals surface area contributed by atoms with E-state index in [0.29, 0.717) is 0 Å². The predicted molar refractivity (Wildman–Crippen MR) is 185 cm³/mol. The molecule has 250 valence electrons. The van der Waals surface area contributed by atoms with Crippen molar-refractivity contribution in [3.63, 3.8) is 0 Å². The van der Waals surface area contributed by atoms with E-state index in [1.807, 2.05) is 0 Å². The molecule has 6 heteroatoms.